The molecule has 0 saturated heterocycles. The zero-order valence-electron chi connectivity index (χ0n) is 17.4. The number of nitrogens with two attached hydrogens (primary N) is 1. The smallest absolute Gasteiger partial charge is 0.330 e. The molecule has 170 valence electrons. The van der Waals surface area contributed by atoms with Crippen LogP contribution in [0.5, 0.6) is 0 Å². The fourth-order valence-corrected chi connectivity index (χ4v) is 4.30. The van der Waals surface area contributed by atoms with Gasteiger partial charge in [0.15, 0.2) is 15.5 Å². The number of nitrogens with zero attached hydrogens (tertiary/aromatic N) is 2. The van der Waals surface area contributed by atoms with Crippen LogP contribution in [-0.4, -0.2) is 49.4 Å². The van der Waals surface area contributed by atoms with Gasteiger partial charge in [-0.05, 0) is 37.6 Å². The van der Waals surface area contributed by atoms with E-state index in [1.165, 1.54) is 7.11 Å². The van der Waals surface area contributed by atoms with Crippen molar-refractivity contribution in [1.82, 2.24) is 9.55 Å². The summed E-state index contributed by atoms with van der Waals surface area (Å²) < 4.78 is 45.1. The van der Waals surface area contributed by atoms with E-state index in [1.807, 2.05) is 0 Å². The summed E-state index contributed by atoms with van der Waals surface area (Å²) in [4.78, 5) is 40.6. The number of halogens is 1. The summed E-state index contributed by atoms with van der Waals surface area (Å²) in [6.07, 6.45) is 0.525. The van der Waals surface area contributed by atoms with Crippen molar-refractivity contribution in [3.63, 3.8) is 0 Å². The van der Waals surface area contributed by atoms with Crippen molar-refractivity contribution in [2.75, 3.05) is 30.9 Å². The number of anilines is 2. The highest BCUT2D eigenvalue weighted by atomic mass is 32.2. The van der Waals surface area contributed by atoms with Gasteiger partial charge in [0.05, 0.1) is 11.5 Å². The van der Waals surface area contributed by atoms with Gasteiger partial charge in [0.2, 0.25) is 5.91 Å². The lowest BCUT2D eigenvalue weighted by molar-refractivity contribution is -0.118. The number of rotatable bonds is 9. The first-order chi connectivity index (χ1) is 14.6. The molecule has 0 bridgehead atoms. The number of ether oxygens (including phenoxy) is 1. The maximum atomic E-state index is 13.2. The fraction of sp³-hybridized carbons (Fsp3) is 0.421. The van der Waals surface area contributed by atoms with Crippen LogP contribution in [-0.2, 0) is 25.9 Å². The molecule has 0 radical (unpaired) electrons. The van der Waals surface area contributed by atoms with E-state index in [4.69, 9.17) is 10.5 Å². The van der Waals surface area contributed by atoms with Gasteiger partial charge in [-0.3, -0.25) is 19.1 Å². The highest BCUT2D eigenvalue weighted by Gasteiger charge is 2.35. The summed E-state index contributed by atoms with van der Waals surface area (Å²) in [6.45, 7) is 2.93. The molecule has 0 spiro atoms. The molecule has 0 aliphatic carbocycles. The minimum atomic E-state index is -4.21. The molecule has 0 saturated carbocycles. The van der Waals surface area contributed by atoms with Gasteiger partial charge in [0.25, 0.3) is 5.56 Å². The molecule has 31 heavy (non-hydrogen) atoms. The third-order valence-electron chi connectivity index (χ3n) is 4.67. The maximum absolute atomic E-state index is 13.2. The van der Waals surface area contributed by atoms with Gasteiger partial charge in [-0.25, -0.2) is 17.6 Å². The molecule has 0 fully saturated rings. The molecule has 0 aliphatic rings. The highest BCUT2D eigenvalue weighted by Crippen LogP contribution is 2.23. The van der Waals surface area contributed by atoms with Gasteiger partial charge < -0.3 is 15.4 Å². The Balaban J connectivity index is 2.58. The molecule has 2 aromatic rings. The number of hydrogen-bond acceptors (Lipinski definition) is 7. The van der Waals surface area contributed by atoms with E-state index >= 15 is 0 Å². The van der Waals surface area contributed by atoms with Crippen LogP contribution in [0.1, 0.15) is 20.3 Å². The first-order valence-electron chi connectivity index (χ1n) is 9.48. The Kier molecular flexibility index (Phi) is 7.74. The second-order valence-corrected chi connectivity index (χ2v) is 9.04. The van der Waals surface area contributed by atoms with Crippen LogP contribution >= 0.6 is 0 Å². The van der Waals surface area contributed by atoms with E-state index in [0.29, 0.717) is 6.42 Å². The van der Waals surface area contributed by atoms with E-state index in [1.54, 1.807) is 6.92 Å². The summed E-state index contributed by atoms with van der Waals surface area (Å²) >= 11 is 0. The number of carbonyl (C=O) groups is 1. The number of hydrogen-bond donors (Lipinski definition) is 2. The molecule has 1 aromatic carbocycles. The molecule has 1 amide bonds. The van der Waals surface area contributed by atoms with Gasteiger partial charge in [0.1, 0.15) is 16.9 Å². The predicted octanol–water partition coefficient (Wildman–Crippen LogP) is 0.510. The van der Waals surface area contributed by atoms with E-state index in [9.17, 15) is 27.2 Å². The second kappa shape index (κ2) is 9.88. The summed E-state index contributed by atoms with van der Waals surface area (Å²) in [7, 11) is -2.84. The Morgan fingerprint density at radius 1 is 1.29 bits per heavy atom. The third kappa shape index (κ3) is 5.02. The number of benzene rings is 1. The largest absolute Gasteiger partial charge is 0.383 e. The monoisotopic (exact) mass is 456 g/mol. The van der Waals surface area contributed by atoms with Gasteiger partial charge in [0, 0.05) is 20.2 Å². The summed E-state index contributed by atoms with van der Waals surface area (Å²) in [6, 6.07) is 4.04. The highest BCUT2D eigenvalue weighted by molar-refractivity contribution is 7.92. The number of nitrogens with one attached hydrogen (secondary N) is 1. The van der Waals surface area contributed by atoms with Crippen molar-refractivity contribution in [2.45, 2.75) is 37.0 Å². The lowest BCUT2D eigenvalue weighted by Crippen LogP contribution is -2.47. The van der Waals surface area contributed by atoms with Crippen LogP contribution in [0.4, 0.5) is 15.9 Å². The molecule has 3 N–H and O–H groups in total. The summed E-state index contributed by atoms with van der Waals surface area (Å²) in [5.41, 5.74) is 4.04. The van der Waals surface area contributed by atoms with Crippen LogP contribution in [0.15, 0.2) is 38.8 Å². The molecule has 1 aromatic heterocycles. The van der Waals surface area contributed by atoms with Crippen LogP contribution < -0.4 is 21.9 Å². The van der Waals surface area contributed by atoms with E-state index in [2.05, 4.69) is 4.98 Å². The van der Waals surface area contributed by atoms with Crippen molar-refractivity contribution >= 4 is 27.2 Å². The van der Waals surface area contributed by atoms with E-state index in [-0.39, 0.29) is 36.1 Å². The minimum absolute atomic E-state index is 0.0269. The maximum Gasteiger partial charge on any atom is 0.330 e. The topological polar surface area (TPSA) is 145 Å². The van der Waals surface area contributed by atoms with Crippen LogP contribution in [0.3, 0.4) is 0 Å². The average Bonchev–Trinajstić information content (AvgIpc) is 2.72. The lowest BCUT2D eigenvalue weighted by atomic mass is 10.3. The SMILES string of the molecule is CCCn1c(N)c(N(CCOC)C(=O)C(C)S(=O)(=O)c2ccc(F)cc2)c(=O)[nH]c1=O. The predicted molar refractivity (Wildman–Crippen MR) is 113 cm³/mol. The number of H-pyrrole nitrogens is 1. The molecule has 0 aliphatic heterocycles. The van der Waals surface area contributed by atoms with Crippen molar-refractivity contribution in [3.8, 4) is 0 Å². The number of sulfone groups is 1. The summed E-state index contributed by atoms with van der Waals surface area (Å²) in [5, 5.41) is -1.62. The number of aromatic amines is 1. The molecular weight excluding hydrogens is 431 g/mol. The van der Waals surface area contributed by atoms with Crippen LogP contribution in [0, 0.1) is 5.82 Å². The quantitative estimate of drug-likeness (QED) is 0.523. The molecular formula is C19H25FN4O6S. The number of carbonyl (C=O) groups excluding carboxylic acids is 1. The molecule has 10 nitrogen and oxygen atoms in total. The number of amides is 1. The molecule has 1 atom stereocenters. The zero-order chi connectivity index (χ0) is 23.3. The van der Waals surface area contributed by atoms with Crippen molar-refractivity contribution in [3.05, 3.63) is 50.9 Å². The first-order valence-corrected chi connectivity index (χ1v) is 11.0. The minimum Gasteiger partial charge on any atom is -0.383 e. The normalized spacial score (nSPS) is 12.5. The van der Waals surface area contributed by atoms with Gasteiger partial charge in [-0.2, -0.15) is 0 Å². The molecule has 1 heterocycles. The number of methoxy groups -OCH3 is 1. The van der Waals surface area contributed by atoms with E-state index < -0.39 is 38.1 Å². The Morgan fingerprint density at radius 2 is 1.90 bits per heavy atom. The Hall–Kier alpha value is -2.99. The van der Waals surface area contributed by atoms with Gasteiger partial charge in [-0.15, -0.1) is 0 Å². The van der Waals surface area contributed by atoms with Crippen molar-refractivity contribution < 1.29 is 22.3 Å². The van der Waals surface area contributed by atoms with Crippen LogP contribution in [0.25, 0.3) is 0 Å². The number of aromatic nitrogens is 2. The Bertz CT molecular complexity index is 1160. The van der Waals surface area contributed by atoms with Crippen molar-refractivity contribution in [2.24, 2.45) is 0 Å². The lowest BCUT2D eigenvalue weighted by Gasteiger charge is -2.26. The standard InChI is InChI=1S/C19H25FN4O6S/c1-4-9-24-16(21)15(17(25)22-19(24)27)23(10-11-30-3)18(26)12(2)31(28,29)14-7-5-13(20)6-8-14/h5-8,12H,4,9-11,21H2,1-3H3,(H,22,25,27). The molecule has 12 heteroatoms. The van der Waals surface area contributed by atoms with Gasteiger partial charge >= 0.3 is 5.69 Å². The van der Waals surface area contributed by atoms with Gasteiger partial charge in [-0.1, -0.05) is 6.92 Å². The van der Waals surface area contributed by atoms with Crippen molar-refractivity contribution in [1.29, 1.82) is 0 Å². The fourth-order valence-electron chi connectivity index (χ4n) is 2.98. The van der Waals surface area contributed by atoms with Crippen LogP contribution in [0.2, 0.25) is 0 Å². The Morgan fingerprint density at radius 3 is 2.45 bits per heavy atom. The molecule has 1 unspecified atom stereocenters. The Labute approximate surface area is 178 Å². The number of nitrogen functional groups attached to an aromatic ring is 1. The first kappa shape index (κ1) is 24.3. The third-order valence-corrected chi connectivity index (χ3v) is 6.73. The second-order valence-electron chi connectivity index (χ2n) is 6.77. The zero-order valence-corrected chi connectivity index (χ0v) is 18.2. The summed E-state index contributed by atoms with van der Waals surface area (Å²) in [5.74, 6) is -1.83. The van der Waals surface area contributed by atoms with E-state index in [0.717, 1.165) is 40.7 Å². The molecule has 2 rings (SSSR count). The average molecular weight is 456 g/mol.